The van der Waals surface area contributed by atoms with Gasteiger partial charge in [-0.2, -0.15) is 5.10 Å². The van der Waals surface area contributed by atoms with E-state index in [0.717, 1.165) is 9.92 Å². The van der Waals surface area contributed by atoms with Crippen LogP contribution in [0.1, 0.15) is 0 Å². The van der Waals surface area contributed by atoms with Crippen LogP contribution in [-0.2, 0) is 0 Å². The van der Waals surface area contributed by atoms with Crippen molar-refractivity contribution in [1.29, 1.82) is 0 Å². The van der Waals surface area contributed by atoms with Gasteiger partial charge >= 0.3 is 0 Å². The summed E-state index contributed by atoms with van der Waals surface area (Å²) in [5.41, 5.74) is 0. The molecule has 0 fully saturated rings. The third-order valence-electron chi connectivity index (χ3n) is 1.83. The molecule has 0 spiro atoms. The van der Waals surface area contributed by atoms with E-state index < -0.39 is 0 Å². The van der Waals surface area contributed by atoms with E-state index in [0.29, 0.717) is 10.8 Å². The third-order valence-corrected chi connectivity index (χ3v) is 3.07. The Labute approximate surface area is 96.8 Å². The van der Waals surface area contributed by atoms with Crippen LogP contribution < -0.4 is 4.74 Å². The van der Waals surface area contributed by atoms with E-state index in [9.17, 15) is 0 Å². The average molecular weight is 241 g/mol. The molecule has 0 bridgehead atoms. The Morgan fingerprint density at radius 2 is 2.27 bits per heavy atom. The minimum atomic E-state index is 0.617. The third kappa shape index (κ3) is 2.46. The van der Waals surface area contributed by atoms with Crippen molar-refractivity contribution in [2.45, 2.75) is 9.92 Å². The van der Waals surface area contributed by atoms with E-state index in [1.807, 2.05) is 24.3 Å². The molecule has 2 rings (SSSR count). The quantitative estimate of drug-likeness (QED) is 0.895. The van der Waals surface area contributed by atoms with Crippen molar-refractivity contribution < 1.29 is 4.74 Å². The lowest BCUT2D eigenvalue weighted by molar-refractivity contribution is 0.414. The second kappa shape index (κ2) is 4.59. The topological polar surface area (TPSA) is 37.9 Å². The molecule has 0 aliphatic carbocycles. The number of nitrogens with zero attached hydrogens (tertiary/aromatic N) is 1. The minimum Gasteiger partial charge on any atom is -0.495 e. The highest BCUT2D eigenvalue weighted by Crippen LogP contribution is 2.32. The molecule has 0 radical (unpaired) electrons. The number of ether oxygens (including phenoxy) is 1. The average Bonchev–Trinajstić information content (AvgIpc) is 2.73. The first-order valence-electron chi connectivity index (χ1n) is 4.30. The Kier molecular flexibility index (Phi) is 3.18. The molecule has 1 N–H and O–H groups in total. The first-order valence-corrected chi connectivity index (χ1v) is 5.50. The van der Waals surface area contributed by atoms with Crippen LogP contribution in [0.4, 0.5) is 0 Å². The summed E-state index contributed by atoms with van der Waals surface area (Å²) in [6.07, 6.45) is 1.72. The van der Waals surface area contributed by atoms with E-state index in [1.165, 1.54) is 0 Å². The van der Waals surface area contributed by atoms with Crippen molar-refractivity contribution in [2.24, 2.45) is 0 Å². The molecule has 0 aliphatic rings. The second-order valence-corrected chi connectivity index (χ2v) is 4.34. The van der Waals surface area contributed by atoms with Gasteiger partial charge in [0.2, 0.25) is 0 Å². The molecule has 0 aliphatic heterocycles. The monoisotopic (exact) mass is 240 g/mol. The smallest absolute Gasteiger partial charge is 0.138 e. The predicted molar refractivity (Wildman–Crippen MR) is 60.7 cm³/mol. The molecule has 3 nitrogen and oxygen atoms in total. The summed E-state index contributed by atoms with van der Waals surface area (Å²) < 4.78 is 5.13. The number of nitrogens with one attached hydrogen (secondary N) is 1. The Hall–Kier alpha value is -1.13. The van der Waals surface area contributed by atoms with Crippen molar-refractivity contribution in [3.05, 3.63) is 35.5 Å². The number of aromatic nitrogens is 2. The van der Waals surface area contributed by atoms with Crippen LogP contribution in [0, 0.1) is 0 Å². The summed E-state index contributed by atoms with van der Waals surface area (Å²) in [5.74, 6) is 0.682. The fraction of sp³-hybridized carbons (Fsp3) is 0.100. The van der Waals surface area contributed by atoms with E-state index >= 15 is 0 Å². The maximum Gasteiger partial charge on any atom is 0.138 e. The molecular weight excluding hydrogens is 232 g/mol. The number of rotatable bonds is 3. The summed E-state index contributed by atoms with van der Waals surface area (Å²) in [6, 6.07) is 7.56. The zero-order valence-corrected chi connectivity index (χ0v) is 9.60. The van der Waals surface area contributed by atoms with E-state index in [2.05, 4.69) is 10.2 Å². The van der Waals surface area contributed by atoms with Crippen LogP contribution in [0.25, 0.3) is 0 Å². The van der Waals surface area contributed by atoms with Crippen molar-refractivity contribution >= 4 is 23.4 Å². The van der Waals surface area contributed by atoms with Crippen LogP contribution in [0.5, 0.6) is 5.75 Å². The van der Waals surface area contributed by atoms with Gasteiger partial charge in [0.15, 0.2) is 0 Å². The van der Waals surface area contributed by atoms with Crippen molar-refractivity contribution in [3.63, 3.8) is 0 Å². The lowest BCUT2D eigenvalue weighted by Gasteiger charge is -2.04. The van der Waals surface area contributed by atoms with E-state index in [4.69, 9.17) is 16.3 Å². The van der Waals surface area contributed by atoms with Gasteiger partial charge in [-0.25, -0.2) is 0 Å². The molecule has 0 amide bonds. The van der Waals surface area contributed by atoms with Crippen LogP contribution in [0.3, 0.4) is 0 Å². The molecule has 0 unspecified atom stereocenters. The van der Waals surface area contributed by atoms with Gasteiger partial charge < -0.3 is 4.74 Å². The molecule has 0 atom stereocenters. The zero-order chi connectivity index (χ0) is 10.7. The van der Waals surface area contributed by atoms with Gasteiger partial charge in [-0.1, -0.05) is 23.4 Å². The van der Waals surface area contributed by atoms with Gasteiger partial charge in [0.25, 0.3) is 0 Å². The lowest BCUT2D eigenvalue weighted by atomic mass is 10.3. The van der Waals surface area contributed by atoms with Gasteiger partial charge in [-0.3, -0.25) is 5.10 Å². The van der Waals surface area contributed by atoms with Gasteiger partial charge in [-0.05, 0) is 24.3 Å². The van der Waals surface area contributed by atoms with Crippen LogP contribution in [-0.4, -0.2) is 17.3 Å². The van der Waals surface area contributed by atoms with Crippen molar-refractivity contribution in [2.75, 3.05) is 7.11 Å². The minimum absolute atomic E-state index is 0.617. The number of methoxy groups -OCH3 is 1. The molecular formula is C10H9ClN2OS. The Bertz CT molecular complexity index is 445. The largest absolute Gasteiger partial charge is 0.495 e. The van der Waals surface area contributed by atoms with Gasteiger partial charge in [0.1, 0.15) is 5.75 Å². The standard InChI is InChI=1S/C10H9ClN2OS/c1-14-9-6-7(2-3-8(9)11)15-10-4-5-12-13-10/h2-6H,1H3,(H,12,13). The molecule has 0 saturated heterocycles. The highest BCUT2D eigenvalue weighted by Gasteiger charge is 2.03. The van der Waals surface area contributed by atoms with Crippen molar-refractivity contribution in [1.82, 2.24) is 10.2 Å². The summed E-state index contributed by atoms with van der Waals surface area (Å²) in [4.78, 5) is 1.06. The molecule has 2 aromatic rings. The highest BCUT2D eigenvalue weighted by molar-refractivity contribution is 7.99. The van der Waals surface area contributed by atoms with Crippen LogP contribution in [0.2, 0.25) is 5.02 Å². The van der Waals surface area contributed by atoms with E-state index in [-0.39, 0.29) is 0 Å². The maximum atomic E-state index is 5.92. The summed E-state index contributed by atoms with van der Waals surface area (Å²) in [7, 11) is 1.60. The van der Waals surface area contributed by atoms with E-state index in [1.54, 1.807) is 25.1 Å². The number of hydrogen-bond acceptors (Lipinski definition) is 3. The lowest BCUT2D eigenvalue weighted by Crippen LogP contribution is -1.84. The molecule has 0 saturated carbocycles. The van der Waals surface area contributed by atoms with Crippen molar-refractivity contribution in [3.8, 4) is 5.75 Å². The fourth-order valence-electron chi connectivity index (χ4n) is 1.13. The predicted octanol–water partition coefficient (Wildman–Crippen LogP) is 3.22. The zero-order valence-electron chi connectivity index (χ0n) is 8.03. The second-order valence-electron chi connectivity index (χ2n) is 2.82. The highest BCUT2D eigenvalue weighted by atomic mass is 35.5. The first-order chi connectivity index (χ1) is 7.29. The SMILES string of the molecule is COc1cc(Sc2ccn[nH]2)ccc1Cl. The number of benzene rings is 1. The van der Waals surface area contributed by atoms with Crippen LogP contribution in [0.15, 0.2) is 40.4 Å². The summed E-state index contributed by atoms with van der Waals surface area (Å²) in [5, 5.41) is 8.35. The fourth-order valence-corrected chi connectivity index (χ4v) is 2.11. The normalized spacial score (nSPS) is 10.3. The Balaban J connectivity index is 2.22. The molecule has 15 heavy (non-hydrogen) atoms. The van der Waals surface area contributed by atoms with Gasteiger partial charge in [-0.15, -0.1) is 0 Å². The maximum absolute atomic E-state index is 5.92. The summed E-state index contributed by atoms with van der Waals surface area (Å²) >= 11 is 7.50. The Morgan fingerprint density at radius 3 is 2.93 bits per heavy atom. The first kappa shape index (κ1) is 10.4. The number of halogens is 1. The molecule has 78 valence electrons. The van der Waals surface area contributed by atoms with Gasteiger partial charge in [0, 0.05) is 11.1 Å². The summed E-state index contributed by atoms with van der Waals surface area (Å²) in [6.45, 7) is 0. The number of H-pyrrole nitrogens is 1. The van der Waals surface area contributed by atoms with Crippen LogP contribution >= 0.6 is 23.4 Å². The molecule has 1 aromatic carbocycles. The van der Waals surface area contributed by atoms with Gasteiger partial charge in [0.05, 0.1) is 17.2 Å². The molecule has 1 aromatic heterocycles. The molecule has 1 heterocycles. The molecule has 5 heteroatoms. The number of hydrogen-bond donors (Lipinski definition) is 1. The number of aromatic amines is 1. The Morgan fingerprint density at radius 1 is 1.40 bits per heavy atom.